The molecule has 1 heterocycles. The van der Waals surface area contributed by atoms with Crippen molar-refractivity contribution in [1.29, 1.82) is 0 Å². The first-order valence-electron chi connectivity index (χ1n) is 6.30. The zero-order valence-electron chi connectivity index (χ0n) is 10.7. The molecular formula is C15H23N. The Hall–Kier alpha value is -1.11. The van der Waals surface area contributed by atoms with Gasteiger partial charge in [0, 0.05) is 18.3 Å². The molecule has 88 valence electrons. The fraction of sp³-hybridized carbons (Fsp3) is 0.533. The van der Waals surface area contributed by atoms with Gasteiger partial charge < -0.3 is 0 Å². The third-order valence-corrected chi connectivity index (χ3v) is 3.11. The predicted octanol–water partition coefficient (Wildman–Crippen LogP) is 4.67. The Balaban J connectivity index is 2.91. The predicted molar refractivity (Wildman–Crippen MR) is 72.8 cm³/mol. The summed E-state index contributed by atoms with van der Waals surface area (Å²) in [6.07, 6.45) is 15.4. The van der Waals surface area contributed by atoms with Crippen LogP contribution in [-0.2, 0) is 0 Å². The molecule has 1 aliphatic rings. The van der Waals surface area contributed by atoms with Crippen molar-refractivity contribution in [3.63, 3.8) is 0 Å². The summed E-state index contributed by atoms with van der Waals surface area (Å²) >= 11 is 0. The third kappa shape index (κ3) is 3.80. The van der Waals surface area contributed by atoms with Crippen molar-refractivity contribution in [1.82, 2.24) is 0 Å². The van der Waals surface area contributed by atoms with Gasteiger partial charge in [-0.3, -0.25) is 4.99 Å². The van der Waals surface area contributed by atoms with Crippen molar-refractivity contribution in [2.75, 3.05) is 0 Å². The molecule has 1 rings (SSSR count). The van der Waals surface area contributed by atoms with Gasteiger partial charge in [-0.25, -0.2) is 0 Å². The Bertz CT molecular complexity index is 318. The Morgan fingerprint density at radius 3 is 3.06 bits per heavy atom. The van der Waals surface area contributed by atoms with Crippen LogP contribution in [0.25, 0.3) is 0 Å². The highest BCUT2D eigenvalue weighted by Crippen LogP contribution is 2.26. The summed E-state index contributed by atoms with van der Waals surface area (Å²) in [6, 6.07) is 0. The second kappa shape index (κ2) is 7.21. The lowest BCUT2D eigenvalue weighted by atomic mass is 9.87. The van der Waals surface area contributed by atoms with Gasteiger partial charge in [0.15, 0.2) is 0 Å². The van der Waals surface area contributed by atoms with Crippen LogP contribution >= 0.6 is 0 Å². The van der Waals surface area contributed by atoms with Gasteiger partial charge in [0.05, 0.1) is 0 Å². The Kier molecular flexibility index (Phi) is 5.84. The molecule has 1 nitrogen and oxygen atoms in total. The van der Waals surface area contributed by atoms with E-state index in [-0.39, 0.29) is 0 Å². The van der Waals surface area contributed by atoms with E-state index in [2.05, 4.69) is 44.0 Å². The Labute approximate surface area is 99.7 Å². The zero-order chi connectivity index (χ0) is 11.8. The topological polar surface area (TPSA) is 12.4 Å². The average molecular weight is 217 g/mol. The quantitative estimate of drug-likeness (QED) is 0.609. The summed E-state index contributed by atoms with van der Waals surface area (Å²) in [7, 11) is 0. The highest BCUT2D eigenvalue weighted by atomic mass is 14.7. The van der Waals surface area contributed by atoms with Gasteiger partial charge in [-0.05, 0) is 38.7 Å². The van der Waals surface area contributed by atoms with Gasteiger partial charge in [-0.15, -0.1) is 0 Å². The molecule has 0 amide bonds. The highest BCUT2D eigenvalue weighted by Gasteiger charge is 2.14. The first kappa shape index (κ1) is 13.0. The number of unbranched alkanes of at least 4 members (excludes halogenated alkanes) is 1. The number of aliphatic imine (C=N–C) groups is 1. The molecule has 1 aliphatic heterocycles. The number of hydrogen-bond donors (Lipinski definition) is 0. The summed E-state index contributed by atoms with van der Waals surface area (Å²) in [4.78, 5) is 4.33. The number of rotatable bonds is 3. The monoisotopic (exact) mass is 217 g/mol. The smallest absolute Gasteiger partial charge is 0.0302 e. The molecule has 0 saturated carbocycles. The van der Waals surface area contributed by atoms with Crippen molar-refractivity contribution in [2.24, 2.45) is 10.9 Å². The molecule has 0 aromatic carbocycles. The van der Waals surface area contributed by atoms with E-state index >= 15 is 0 Å². The lowest BCUT2D eigenvalue weighted by Gasteiger charge is -2.19. The molecule has 0 spiro atoms. The van der Waals surface area contributed by atoms with Crippen molar-refractivity contribution in [3.8, 4) is 0 Å². The highest BCUT2D eigenvalue weighted by molar-refractivity contribution is 5.80. The molecule has 0 aromatic heterocycles. The molecule has 0 N–H and O–H groups in total. The largest absolute Gasteiger partial charge is 0.265 e. The van der Waals surface area contributed by atoms with Gasteiger partial charge in [-0.2, -0.15) is 0 Å². The van der Waals surface area contributed by atoms with E-state index in [1.54, 1.807) is 0 Å². The second-order valence-corrected chi connectivity index (χ2v) is 4.32. The lowest BCUT2D eigenvalue weighted by Crippen LogP contribution is -2.08. The number of allylic oxidation sites excluding steroid dienone is 5. The van der Waals surface area contributed by atoms with E-state index in [1.807, 2.05) is 12.4 Å². The van der Waals surface area contributed by atoms with E-state index in [0.29, 0.717) is 5.92 Å². The minimum Gasteiger partial charge on any atom is -0.265 e. The van der Waals surface area contributed by atoms with Crippen molar-refractivity contribution >= 4 is 6.21 Å². The maximum absolute atomic E-state index is 4.33. The van der Waals surface area contributed by atoms with Crippen molar-refractivity contribution in [3.05, 3.63) is 35.6 Å². The molecule has 1 heteroatoms. The second-order valence-electron chi connectivity index (χ2n) is 4.32. The summed E-state index contributed by atoms with van der Waals surface area (Å²) in [5, 5.41) is 0. The first-order chi connectivity index (χ1) is 7.79. The fourth-order valence-electron chi connectivity index (χ4n) is 1.98. The van der Waals surface area contributed by atoms with Crippen LogP contribution in [0.15, 0.2) is 40.6 Å². The summed E-state index contributed by atoms with van der Waals surface area (Å²) in [5.74, 6) is 0.560. The molecule has 16 heavy (non-hydrogen) atoms. The van der Waals surface area contributed by atoms with Gasteiger partial charge in [0.1, 0.15) is 0 Å². The maximum Gasteiger partial charge on any atom is 0.0302 e. The molecular weight excluding hydrogens is 194 g/mol. The van der Waals surface area contributed by atoms with E-state index in [0.717, 1.165) is 12.8 Å². The average Bonchev–Trinajstić information content (AvgIpc) is 2.27. The minimum atomic E-state index is 0.560. The van der Waals surface area contributed by atoms with Crippen LogP contribution in [0, 0.1) is 5.92 Å². The molecule has 1 atom stereocenters. The van der Waals surface area contributed by atoms with Crippen LogP contribution in [-0.4, -0.2) is 6.21 Å². The Morgan fingerprint density at radius 2 is 2.38 bits per heavy atom. The van der Waals surface area contributed by atoms with Crippen molar-refractivity contribution in [2.45, 2.75) is 46.5 Å². The van der Waals surface area contributed by atoms with Gasteiger partial charge >= 0.3 is 0 Å². The summed E-state index contributed by atoms with van der Waals surface area (Å²) < 4.78 is 0. The van der Waals surface area contributed by atoms with Crippen LogP contribution in [0.2, 0.25) is 0 Å². The van der Waals surface area contributed by atoms with Gasteiger partial charge in [-0.1, -0.05) is 37.1 Å². The zero-order valence-corrected chi connectivity index (χ0v) is 10.7. The van der Waals surface area contributed by atoms with E-state index in [1.165, 1.54) is 24.0 Å². The standard InChI is InChI=1S/C15H23N/c1-4-6-9-14-12-16-11-8-7-10-15(14)13(3)5-2/h5,8-9,11-12,15H,4,6-7,10H2,1-3H3/b11-8-,13-5-,14-9+,16-12-. The molecule has 0 aromatic rings. The maximum atomic E-state index is 4.33. The first-order valence-corrected chi connectivity index (χ1v) is 6.30. The minimum absolute atomic E-state index is 0.560. The van der Waals surface area contributed by atoms with E-state index < -0.39 is 0 Å². The normalized spacial score (nSPS) is 28.6. The fourth-order valence-corrected chi connectivity index (χ4v) is 1.98. The van der Waals surface area contributed by atoms with E-state index in [4.69, 9.17) is 0 Å². The van der Waals surface area contributed by atoms with Crippen LogP contribution < -0.4 is 0 Å². The number of nitrogens with zero attached hydrogens (tertiary/aromatic N) is 1. The molecule has 1 unspecified atom stereocenters. The van der Waals surface area contributed by atoms with Crippen molar-refractivity contribution < 1.29 is 0 Å². The Morgan fingerprint density at radius 1 is 1.56 bits per heavy atom. The lowest BCUT2D eigenvalue weighted by molar-refractivity contribution is 0.661. The molecule has 0 fully saturated rings. The van der Waals surface area contributed by atoms with Gasteiger partial charge in [0.25, 0.3) is 0 Å². The summed E-state index contributed by atoms with van der Waals surface area (Å²) in [6.45, 7) is 6.57. The molecule has 0 bridgehead atoms. The number of hydrogen-bond acceptors (Lipinski definition) is 1. The molecule has 0 saturated heterocycles. The molecule has 0 radical (unpaired) electrons. The van der Waals surface area contributed by atoms with E-state index in [9.17, 15) is 0 Å². The SMILES string of the molecule is C/C=C(/C)C1CC\C=C/N=C\C1=C/CCC. The van der Waals surface area contributed by atoms with Crippen LogP contribution in [0.3, 0.4) is 0 Å². The third-order valence-electron chi connectivity index (χ3n) is 3.11. The van der Waals surface area contributed by atoms with Crippen LogP contribution in [0.4, 0.5) is 0 Å². The van der Waals surface area contributed by atoms with Crippen LogP contribution in [0.5, 0.6) is 0 Å². The van der Waals surface area contributed by atoms with Gasteiger partial charge in [0.2, 0.25) is 0 Å². The molecule has 0 aliphatic carbocycles. The van der Waals surface area contributed by atoms with Crippen LogP contribution in [0.1, 0.15) is 46.5 Å². The summed E-state index contributed by atoms with van der Waals surface area (Å²) in [5.41, 5.74) is 2.85.